The van der Waals surface area contributed by atoms with Crippen LogP contribution in [0.5, 0.6) is 0 Å². The Kier molecular flexibility index (Phi) is 10.8. The van der Waals surface area contributed by atoms with E-state index in [1.54, 1.807) is 0 Å². The zero-order chi connectivity index (χ0) is 15.0. The van der Waals surface area contributed by atoms with E-state index in [9.17, 15) is 4.79 Å². The fourth-order valence-corrected chi connectivity index (χ4v) is 2.43. The first-order chi connectivity index (χ1) is 9.56. The Balaban J connectivity index is 0.00000400. The van der Waals surface area contributed by atoms with E-state index in [4.69, 9.17) is 10.8 Å². The van der Waals surface area contributed by atoms with Crippen LogP contribution in [0.4, 0.5) is 0 Å². The molecule has 7 heteroatoms. The molecule has 4 N–H and O–H groups in total. The second-order valence-electron chi connectivity index (χ2n) is 5.61. The normalized spacial score (nSPS) is 20.6. The average Bonchev–Trinajstić information content (AvgIpc) is 2.42. The summed E-state index contributed by atoms with van der Waals surface area (Å²) in [6.07, 6.45) is 2.55. The maximum atomic E-state index is 11.1. The molecular weight excluding hydrogens is 383 g/mol. The predicted octanol–water partition coefficient (Wildman–Crippen LogP) is 0.786. The van der Waals surface area contributed by atoms with Crippen molar-refractivity contribution in [1.82, 2.24) is 10.2 Å². The molecule has 1 amide bonds. The Morgan fingerprint density at radius 1 is 1.57 bits per heavy atom. The predicted molar refractivity (Wildman–Crippen MR) is 95.8 cm³/mol. The minimum absolute atomic E-state index is 0. The van der Waals surface area contributed by atoms with Crippen LogP contribution >= 0.6 is 24.0 Å². The van der Waals surface area contributed by atoms with Gasteiger partial charge in [-0.1, -0.05) is 6.92 Å². The number of nitrogens with one attached hydrogen (secondary N) is 1. The molecule has 0 saturated carbocycles. The van der Waals surface area contributed by atoms with Crippen LogP contribution < -0.4 is 11.1 Å². The summed E-state index contributed by atoms with van der Waals surface area (Å²) >= 11 is 0. The minimum atomic E-state index is -0.229. The third kappa shape index (κ3) is 7.85. The largest absolute Gasteiger partial charge is 0.396 e. The lowest BCUT2D eigenvalue weighted by Gasteiger charge is -2.34. The highest BCUT2D eigenvalue weighted by Crippen LogP contribution is 2.19. The molecule has 124 valence electrons. The molecule has 1 rings (SSSR count). The van der Waals surface area contributed by atoms with E-state index in [2.05, 4.69) is 15.2 Å². The average molecular weight is 412 g/mol. The summed E-state index contributed by atoms with van der Waals surface area (Å²) in [6.45, 7) is 7.35. The van der Waals surface area contributed by atoms with Crippen molar-refractivity contribution < 1.29 is 9.90 Å². The van der Waals surface area contributed by atoms with Gasteiger partial charge in [-0.25, -0.2) is 0 Å². The number of aliphatic hydroxyl groups is 1. The highest BCUT2D eigenvalue weighted by atomic mass is 127. The standard InChI is InChI=1S/C14H28N4O2.HI/c1-3-16-14(17-8-11(2)10-19)18-6-4-5-12(9-18)7-13(15)20;/h11-12,19H,3-10H2,1-2H3,(H2,15,20)(H,16,17);1H. The zero-order valence-corrected chi connectivity index (χ0v) is 15.4. The van der Waals surface area contributed by atoms with Crippen LogP contribution in [0.1, 0.15) is 33.1 Å². The number of piperidine rings is 1. The lowest BCUT2D eigenvalue weighted by Crippen LogP contribution is -2.47. The van der Waals surface area contributed by atoms with Gasteiger partial charge in [-0.05, 0) is 31.6 Å². The van der Waals surface area contributed by atoms with Gasteiger partial charge < -0.3 is 21.1 Å². The highest BCUT2D eigenvalue weighted by Gasteiger charge is 2.23. The molecular formula is C14H29IN4O2. The Hall–Kier alpha value is -0.570. The fraction of sp³-hybridized carbons (Fsp3) is 0.857. The maximum Gasteiger partial charge on any atom is 0.217 e. The van der Waals surface area contributed by atoms with E-state index >= 15 is 0 Å². The van der Waals surface area contributed by atoms with Gasteiger partial charge in [-0.15, -0.1) is 24.0 Å². The quantitative estimate of drug-likeness (QED) is 0.342. The van der Waals surface area contributed by atoms with E-state index in [0.717, 1.165) is 38.4 Å². The summed E-state index contributed by atoms with van der Waals surface area (Å²) in [7, 11) is 0. The molecule has 0 aromatic rings. The first-order valence-electron chi connectivity index (χ1n) is 7.49. The molecule has 1 aliphatic heterocycles. The maximum absolute atomic E-state index is 11.1. The van der Waals surface area contributed by atoms with Crippen molar-refractivity contribution in [3.8, 4) is 0 Å². The molecule has 21 heavy (non-hydrogen) atoms. The van der Waals surface area contributed by atoms with E-state index in [1.165, 1.54) is 0 Å². The molecule has 0 radical (unpaired) electrons. The number of guanidine groups is 1. The number of nitrogens with two attached hydrogens (primary N) is 1. The van der Waals surface area contributed by atoms with E-state index < -0.39 is 0 Å². The molecule has 2 atom stereocenters. The summed E-state index contributed by atoms with van der Waals surface area (Å²) in [6, 6.07) is 0. The third-order valence-corrected chi connectivity index (χ3v) is 3.51. The molecule has 1 heterocycles. The number of carbonyl (C=O) groups is 1. The van der Waals surface area contributed by atoms with Crippen molar-refractivity contribution in [2.45, 2.75) is 33.1 Å². The summed E-state index contributed by atoms with van der Waals surface area (Å²) in [5, 5.41) is 12.4. The summed E-state index contributed by atoms with van der Waals surface area (Å²) in [4.78, 5) is 17.8. The number of aliphatic imine (C=N–C) groups is 1. The highest BCUT2D eigenvalue weighted by molar-refractivity contribution is 14.0. The molecule has 2 unspecified atom stereocenters. The van der Waals surface area contributed by atoms with Crippen molar-refractivity contribution in [3.63, 3.8) is 0 Å². The molecule has 6 nitrogen and oxygen atoms in total. The molecule has 1 aliphatic rings. The van der Waals surface area contributed by atoms with Gasteiger partial charge in [-0.3, -0.25) is 9.79 Å². The Labute approximate surface area is 144 Å². The summed E-state index contributed by atoms with van der Waals surface area (Å²) < 4.78 is 0. The van der Waals surface area contributed by atoms with Gasteiger partial charge in [0.15, 0.2) is 5.96 Å². The van der Waals surface area contributed by atoms with Crippen molar-refractivity contribution >= 4 is 35.8 Å². The number of primary amides is 1. The molecule has 0 spiro atoms. The summed E-state index contributed by atoms with van der Waals surface area (Å²) in [5.41, 5.74) is 5.29. The Bertz CT molecular complexity index is 339. The number of likely N-dealkylation sites (tertiary alicyclic amines) is 1. The SMILES string of the molecule is CCNC(=NCC(C)CO)N1CCCC(CC(N)=O)C1.I. The van der Waals surface area contributed by atoms with E-state index in [-0.39, 0.29) is 42.4 Å². The van der Waals surface area contributed by atoms with Crippen molar-refractivity contribution in [1.29, 1.82) is 0 Å². The number of nitrogens with zero attached hydrogens (tertiary/aromatic N) is 2. The van der Waals surface area contributed by atoms with Crippen LogP contribution in [0.3, 0.4) is 0 Å². The topological polar surface area (TPSA) is 91.0 Å². The zero-order valence-electron chi connectivity index (χ0n) is 13.0. The minimum Gasteiger partial charge on any atom is -0.396 e. The molecule has 0 aromatic carbocycles. The number of amides is 1. The van der Waals surface area contributed by atoms with E-state index in [1.807, 2.05) is 13.8 Å². The first kappa shape index (κ1) is 20.4. The van der Waals surface area contributed by atoms with Crippen LogP contribution in [-0.4, -0.2) is 54.7 Å². The summed E-state index contributed by atoms with van der Waals surface area (Å²) in [5.74, 6) is 1.13. The van der Waals surface area contributed by atoms with Gasteiger partial charge >= 0.3 is 0 Å². The number of carbonyl (C=O) groups excluding carboxylic acids is 1. The van der Waals surface area contributed by atoms with Crippen LogP contribution in [0, 0.1) is 11.8 Å². The lowest BCUT2D eigenvalue weighted by molar-refractivity contribution is -0.119. The Morgan fingerprint density at radius 3 is 2.86 bits per heavy atom. The molecule has 0 aromatic heterocycles. The van der Waals surface area contributed by atoms with Crippen molar-refractivity contribution in [3.05, 3.63) is 0 Å². The van der Waals surface area contributed by atoms with Crippen LogP contribution in [0.2, 0.25) is 0 Å². The molecule has 0 bridgehead atoms. The van der Waals surface area contributed by atoms with Gasteiger partial charge in [0.25, 0.3) is 0 Å². The number of hydrogen-bond donors (Lipinski definition) is 3. The van der Waals surface area contributed by atoms with Gasteiger partial charge in [0.2, 0.25) is 5.91 Å². The number of hydrogen-bond acceptors (Lipinski definition) is 3. The lowest BCUT2D eigenvalue weighted by atomic mass is 9.95. The molecule has 0 aliphatic carbocycles. The first-order valence-corrected chi connectivity index (χ1v) is 7.49. The second kappa shape index (κ2) is 11.1. The van der Waals surface area contributed by atoms with Gasteiger partial charge in [0.05, 0.1) is 0 Å². The number of rotatable bonds is 6. The third-order valence-electron chi connectivity index (χ3n) is 3.51. The molecule has 1 saturated heterocycles. The second-order valence-corrected chi connectivity index (χ2v) is 5.61. The Morgan fingerprint density at radius 2 is 2.29 bits per heavy atom. The van der Waals surface area contributed by atoms with Crippen molar-refractivity contribution in [2.75, 3.05) is 32.8 Å². The smallest absolute Gasteiger partial charge is 0.217 e. The fourth-order valence-electron chi connectivity index (χ4n) is 2.43. The van der Waals surface area contributed by atoms with Crippen LogP contribution in [0.25, 0.3) is 0 Å². The molecule has 1 fully saturated rings. The van der Waals surface area contributed by atoms with E-state index in [0.29, 0.717) is 18.9 Å². The van der Waals surface area contributed by atoms with Crippen LogP contribution in [-0.2, 0) is 4.79 Å². The van der Waals surface area contributed by atoms with Gasteiger partial charge in [0.1, 0.15) is 0 Å². The number of aliphatic hydroxyl groups excluding tert-OH is 1. The monoisotopic (exact) mass is 412 g/mol. The van der Waals surface area contributed by atoms with Crippen LogP contribution in [0.15, 0.2) is 4.99 Å². The van der Waals surface area contributed by atoms with Gasteiger partial charge in [-0.2, -0.15) is 0 Å². The number of halogens is 1. The van der Waals surface area contributed by atoms with Crippen molar-refractivity contribution in [2.24, 2.45) is 22.6 Å². The van der Waals surface area contributed by atoms with Gasteiger partial charge in [0, 0.05) is 39.2 Å².